The fraction of sp³-hybridized carbons (Fsp3) is 0.389. The van der Waals surface area contributed by atoms with E-state index in [-0.39, 0.29) is 12.5 Å². The van der Waals surface area contributed by atoms with Gasteiger partial charge in [0.25, 0.3) is 5.91 Å². The van der Waals surface area contributed by atoms with Crippen LogP contribution in [0.5, 0.6) is 0 Å². The highest BCUT2D eigenvalue weighted by Crippen LogP contribution is 2.39. The van der Waals surface area contributed by atoms with Gasteiger partial charge in [0, 0.05) is 11.9 Å². The molecule has 134 valence electrons. The number of aryl methyl sites for hydroxylation is 1. The molecule has 0 bridgehead atoms. The summed E-state index contributed by atoms with van der Waals surface area (Å²) in [6, 6.07) is 7.71. The number of hydrogen-bond acceptors (Lipinski definition) is 5. The molecule has 1 amide bonds. The van der Waals surface area contributed by atoms with E-state index in [0.717, 1.165) is 5.69 Å². The zero-order valence-electron chi connectivity index (χ0n) is 14.8. The zero-order chi connectivity index (χ0) is 18.1. The number of aromatic amines is 1. The summed E-state index contributed by atoms with van der Waals surface area (Å²) >= 11 is 0. The molecular weight excluding hydrogens is 330 g/mol. The van der Waals surface area contributed by atoms with Gasteiger partial charge in [-0.2, -0.15) is 10.2 Å². The fourth-order valence-corrected chi connectivity index (χ4v) is 3.03. The van der Waals surface area contributed by atoms with Crippen molar-refractivity contribution in [2.45, 2.75) is 39.3 Å². The van der Waals surface area contributed by atoms with E-state index in [4.69, 9.17) is 0 Å². The molecule has 1 fully saturated rings. The van der Waals surface area contributed by atoms with Crippen LogP contribution in [0.3, 0.4) is 0 Å². The lowest BCUT2D eigenvalue weighted by molar-refractivity contribution is 0.0943. The van der Waals surface area contributed by atoms with E-state index >= 15 is 0 Å². The van der Waals surface area contributed by atoms with Crippen molar-refractivity contribution in [1.82, 2.24) is 35.3 Å². The summed E-state index contributed by atoms with van der Waals surface area (Å²) in [5.74, 6) is 1.55. The summed E-state index contributed by atoms with van der Waals surface area (Å²) in [5, 5.41) is 14.3. The lowest BCUT2D eigenvalue weighted by Gasteiger charge is -2.12. The van der Waals surface area contributed by atoms with Gasteiger partial charge in [-0.15, -0.1) is 0 Å². The van der Waals surface area contributed by atoms with Crippen LogP contribution in [0.25, 0.3) is 11.5 Å². The lowest BCUT2D eigenvalue weighted by atomic mass is 10.2. The monoisotopic (exact) mass is 351 g/mol. The van der Waals surface area contributed by atoms with Gasteiger partial charge in [-0.25, -0.2) is 4.98 Å². The van der Waals surface area contributed by atoms with Gasteiger partial charge in [-0.3, -0.25) is 19.6 Å². The first-order chi connectivity index (χ1) is 12.6. The molecule has 0 saturated heterocycles. The first kappa shape index (κ1) is 16.4. The number of nitrogens with one attached hydrogen (secondary N) is 2. The van der Waals surface area contributed by atoms with E-state index in [1.165, 1.54) is 12.8 Å². The molecule has 0 aromatic carbocycles. The maximum absolute atomic E-state index is 12.4. The number of carbonyl (C=O) groups excluding carboxylic acids is 1. The minimum Gasteiger partial charge on any atom is -0.343 e. The molecule has 0 aliphatic heterocycles. The van der Waals surface area contributed by atoms with Crippen molar-refractivity contribution < 1.29 is 4.79 Å². The van der Waals surface area contributed by atoms with Crippen LogP contribution in [0.15, 0.2) is 30.5 Å². The predicted octanol–water partition coefficient (Wildman–Crippen LogP) is 2.27. The Labute approximate surface area is 151 Å². The van der Waals surface area contributed by atoms with Crippen LogP contribution in [0.4, 0.5) is 0 Å². The van der Waals surface area contributed by atoms with Crippen LogP contribution in [-0.2, 0) is 6.54 Å². The van der Waals surface area contributed by atoms with Crippen molar-refractivity contribution in [3.63, 3.8) is 0 Å². The Bertz CT molecular complexity index is 911. The Hall–Kier alpha value is -3.03. The first-order valence-corrected chi connectivity index (χ1v) is 8.79. The van der Waals surface area contributed by atoms with E-state index in [0.29, 0.717) is 35.0 Å². The van der Waals surface area contributed by atoms with Crippen LogP contribution >= 0.6 is 0 Å². The smallest absolute Gasteiger partial charge is 0.272 e. The number of pyridine rings is 1. The molecule has 1 aliphatic rings. The highest BCUT2D eigenvalue weighted by Gasteiger charge is 2.30. The number of nitrogens with zero attached hydrogens (tertiary/aromatic N) is 5. The fourth-order valence-electron chi connectivity index (χ4n) is 3.03. The highest BCUT2D eigenvalue weighted by atomic mass is 16.1. The van der Waals surface area contributed by atoms with Gasteiger partial charge in [0.15, 0.2) is 5.82 Å². The molecule has 1 atom stereocenters. The Morgan fingerprint density at radius 3 is 3.00 bits per heavy atom. The molecule has 26 heavy (non-hydrogen) atoms. The molecule has 4 rings (SSSR count). The standard InChI is InChI=1S/C18H21N7O/c1-11-9-15(24-25(11)12(2)13-6-7-13)18(26)20-10-16-21-17(23-22-16)14-5-3-4-8-19-14/h3-5,8-9,12-13H,6-7,10H2,1-2H3,(H,20,26)(H,21,22,23). The van der Waals surface area contributed by atoms with E-state index in [1.807, 2.05) is 35.9 Å². The molecule has 0 radical (unpaired) electrons. The van der Waals surface area contributed by atoms with Crippen molar-refractivity contribution in [1.29, 1.82) is 0 Å². The summed E-state index contributed by atoms with van der Waals surface area (Å²) in [5.41, 5.74) is 2.12. The number of amides is 1. The summed E-state index contributed by atoms with van der Waals surface area (Å²) < 4.78 is 1.96. The van der Waals surface area contributed by atoms with Crippen LogP contribution in [0.1, 0.15) is 47.8 Å². The third kappa shape index (κ3) is 3.35. The molecule has 3 aromatic heterocycles. The molecule has 3 heterocycles. The maximum Gasteiger partial charge on any atom is 0.272 e. The quantitative estimate of drug-likeness (QED) is 0.709. The minimum atomic E-state index is -0.217. The summed E-state index contributed by atoms with van der Waals surface area (Å²) in [6.45, 7) is 4.40. The topological polar surface area (TPSA) is 101 Å². The van der Waals surface area contributed by atoms with E-state index in [9.17, 15) is 4.79 Å². The van der Waals surface area contributed by atoms with Gasteiger partial charge in [0.05, 0.1) is 12.6 Å². The highest BCUT2D eigenvalue weighted by molar-refractivity contribution is 5.92. The van der Waals surface area contributed by atoms with Gasteiger partial charge in [0.1, 0.15) is 17.2 Å². The van der Waals surface area contributed by atoms with E-state index in [1.54, 1.807) is 6.20 Å². The molecule has 2 N–H and O–H groups in total. The number of H-pyrrole nitrogens is 1. The van der Waals surface area contributed by atoms with Gasteiger partial charge < -0.3 is 5.32 Å². The zero-order valence-corrected chi connectivity index (χ0v) is 14.8. The predicted molar refractivity (Wildman–Crippen MR) is 95.2 cm³/mol. The van der Waals surface area contributed by atoms with Crippen LogP contribution in [0, 0.1) is 12.8 Å². The second-order valence-corrected chi connectivity index (χ2v) is 6.70. The third-order valence-electron chi connectivity index (χ3n) is 4.69. The van der Waals surface area contributed by atoms with E-state index in [2.05, 4.69) is 37.5 Å². The average Bonchev–Trinajstić information content (AvgIpc) is 3.28. The van der Waals surface area contributed by atoms with Gasteiger partial charge in [-0.1, -0.05) is 6.07 Å². The van der Waals surface area contributed by atoms with Crippen molar-refractivity contribution in [2.24, 2.45) is 5.92 Å². The van der Waals surface area contributed by atoms with E-state index < -0.39 is 0 Å². The Kier molecular flexibility index (Phi) is 4.24. The van der Waals surface area contributed by atoms with Gasteiger partial charge >= 0.3 is 0 Å². The van der Waals surface area contributed by atoms with Gasteiger partial charge in [0.2, 0.25) is 0 Å². The van der Waals surface area contributed by atoms with Crippen LogP contribution in [-0.4, -0.2) is 35.9 Å². The molecule has 8 nitrogen and oxygen atoms in total. The summed E-state index contributed by atoms with van der Waals surface area (Å²) in [7, 11) is 0. The molecule has 1 saturated carbocycles. The van der Waals surface area contributed by atoms with Crippen molar-refractivity contribution in [2.75, 3.05) is 0 Å². The Morgan fingerprint density at radius 1 is 1.42 bits per heavy atom. The molecule has 1 aliphatic carbocycles. The number of rotatable bonds is 6. The van der Waals surface area contributed by atoms with Crippen molar-refractivity contribution >= 4 is 5.91 Å². The first-order valence-electron chi connectivity index (χ1n) is 8.79. The van der Waals surface area contributed by atoms with Gasteiger partial charge in [-0.05, 0) is 50.8 Å². The average molecular weight is 351 g/mol. The lowest BCUT2D eigenvalue weighted by Crippen LogP contribution is -2.24. The number of hydrogen-bond donors (Lipinski definition) is 2. The Balaban J connectivity index is 1.40. The van der Waals surface area contributed by atoms with Crippen LogP contribution < -0.4 is 5.32 Å². The van der Waals surface area contributed by atoms with Crippen molar-refractivity contribution in [3.05, 3.63) is 47.7 Å². The number of carbonyl (C=O) groups is 1. The second-order valence-electron chi connectivity index (χ2n) is 6.70. The normalized spacial score (nSPS) is 15.0. The molecular formula is C18H21N7O. The second kappa shape index (κ2) is 6.70. The minimum absolute atomic E-state index is 0.217. The molecule has 1 unspecified atom stereocenters. The largest absolute Gasteiger partial charge is 0.343 e. The van der Waals surface area contributed by atoms with Crippen LogP contribution in [0.2, 0.25) is 0 Å². The summed E-state index contributed by atoms with van der Waals surface area (Å²) in [6.07, 6.45) is 4.17. The molecule has 0 spiro atoms. The molecule has 8 heteroatoms. The third-order valence-corrected chi connectivity index (χ3v) is 4.69. The maximum atomic E-state index is 12.4. The SMILES string of the molecule is Cc1cc(C(=O)NCc2nc(-c3ccccn3)n[nH]2)nn1C(C)C1CC1. The Morgan fingerprint density at radius 2 is 2.27 bits per heavy atom. The summed E-state index contributed by atoms with van der Waals surface area (Å²) in [4.78, 5) is 21.0. The number of aromatic nitrogens is 6. The molecule has 3 aromatic rings. The van der Waals surface area contributed by atoms with Crippen molar-refractivity contribution in [3.8, 4) is 11.5 Å².